The number of carboxylic acids is 2. The van der Waals surface area contributed by atoms with Crippen LogP contribution in [0.2, 0.25) is 0 Å². The van der Waals surface area contributed by atoms with Gasteiger partial charge in [0.1, 0.15) is 0 Å². The quantitative estimate of drug-likeness (QED) is 0.612. The van der Waals surface area contributed by atoms with Crippen LogP contribution in [0.3, 0.4) is 0 Å². The van der Waals surface area contributed by atoms with Gasteiger partial charge in [0, 0.05) is 29.6 Å². The van der Waals surface area contributed by atoms with E-state index in [1.807, 2.05) is 24.3 Å². The van der Waals surface area contributed by atoms with E-state index < -0.39 is 23.9 Å². The second-order valence-corrected chi connectivity index (χ2v) is 4.60. The highest BCUT2D eigenvalue weighted by Gasteiger charge is 2.15. The van der Waals surface area contributed by atoms with Crippen LogP contribution in [-0.2, 0) is 20.8 Å². The fraction of sp³-hybridized carbons (Fsp3) is 0.133. The summed E-state index contributed by atoms with van der Waals surface area (Å²) in [5, 5.41) is 24.4. The zero-order valence-corrected chi connectivity index (χ0v) is 11.4. The Hall–Kier alpha value is -3.09. The highest BCUT2D eigenvalue weighted by Crippen LogP contribution is 2.18. The van der Waals surface area contributed by atoms with Crippen molar-refractivity contribution in [3.05, 3.63) is 48.2 Å². The van der Waals surface area contributed by atoms with Gasteiger partial charge in [0.05, 0.1) is 18.0 Å². The first kappa shape index (κ1) is 15.3. The van der Waals surface area contributed by atoms with Gasteiger partial charge in [0.15, 0.2) is 0 Å². The molecule has 2 N–H and O–H groups in total. The lowest BCUT2D eigenvalue weighted by Crippen LogP contribution is -2.48. The molecule has 7 nitrogen and oxygen atoms in total. The molecular formula is C15H12N2O5-2. The van der Waals surface area contributed by atoms with Gasteiger partial charge in [0.25, 0.3) is 0 Å². The van der Waals surface area contributed by atoms with E-state index in [-0.39, 0.29) is 6.42 Å². The van der Waals surface area contributed by atoms with Crippen molar-refractivity contribution in [2.45, 2.75) is 12.5 Å². The molecule has 1 aromatic carbocycles. The first-order valence-corrected chi connectivity index (χ1v) is 6.43. The number of amides is 1. The molecule has 114 valence electrons. The third-order valence-corrected chi connectivity index (χ3v) is 3.07. The Labute approximate surface area is 125 Å². The normalized spacial score (nSPS) is 12.4. The molecule has 0 aliphatic carbocycles. The minimum atomic E-state index is -1.54. The van der Waals surface area contributed by atoms with Gasteiger partial charge in [-0.3, -0.25) is 4.79 Å². The standard InChI is InChI=1S/C15H14N2O5/c18-13(5-6-14(19)20)17-12(15(21)22)7-9-8-16-11-4-2-1-3-10(9)11/h1-6,8,12,16H,7H2,(H,17,18)(H,19,20)(H,21,22)/p-2/b6-5+/t12-/m0/s1. The third kappa shape index (κ3) is 3.72. The fourth-order valence-electron chi connectivity index (χ4n) is 2.08. The number of carboxylic acid groups (broad SMARTS) is 2. The zero-order chi connectivity index (χ0) is 16.1. The molecule has 0 aliphatic heterocycles. The van der Waals surface area contributed by atoms with Gasteiger partial charge in [-0.15, -0.1) is 0 Å². The van der Waals surface area contributed by atoms with E-state index in [1.54, 1.807) is 6.20 Å². The first-order chi connectivity index (χ1) is 10.5. The monoisotopic (exact) mass is 300 g/mol. The number of aromatic nitrogens is 1. The maximum Gasteiger partial charge on any atom is 0.244 e. The van der Waals surface area contributed by atoms with E-state index in [2.05, 4.69) is 10.3 Å². The summed E-state index contributed by atoms with van der Waals surface area (Å²) >= 11 is 0. The highest BCUT2D eigenvalue weighted by atomic mass is 16.4. The third-order valence-electron chi connectivity index (χ3n) is 3.07. The van der Waals surface area contributed by atoms with Crippen molar-refractivity contribution in [1.29, 1.82) is 0 Å². The Kier molecular flexibility index (Phi) is 4.57. The van der Waals surface area contributed by atoms with Gasteiger partial charge in [0.2, 0.25) is 5.91 Å². The molecule has 2 aromatic rings. The van der Waals surface area contributed by atoms with Crippen LogP contribution in [0.15, 0.2) is 42.6 Å². The molecule has 0 saturated heterocycles. The summed E-state index contributed by atoms with van der Waals surface area (Å²) < 4.78 is 0. The van der Waals surface area contributed by atoms with Crippen LogP contribution in [0, 0.1) is 0 Å². The number of H-pyrrole nitrogens is 1. The van der Waals surface area contributed by atoms with E-state index >= 15 is 0 Å². The van der Waals surface area contributed by atoms with Crippen LogP contribution < -0.4 is 15.5 Å². The lowest BCUT2D eigenvalue weighted by Gasteiger charge is -2.18. The van der Waals surface area contributed by atoms with E-state index in [9.17, 15) is 24.6 Å². The number of hydrogen-bond acceptors (Lipinski definition) is 5. The topological polar surface area (TPSA) is 125 Å². The van der Waals surface area contributed by atoms with Crippen molar-refractivity contribution < 1.29 is 24.6 Å². The predicted octanol–water partition coefficient (Wildman–Crippen LogP) is -1.75. The summed E-state index contributed by atoms with van der Waals surface area (Å²) in [6.45, 7) is 0. The number of rotatable bonds is 6. The number of carbonyl (C=O) groups excluding carboxylic acids is 3. The number of benzene rings is 1. The van der Waals surface area contributed by atoms with Crippen LogP contribution in [0.4, 0.5) is 0 Å². The van der Waals surface area contributed by atoms with E-state index in [1.165, 1.54) is 0 Å². The molecule has 1 amide bonds. The Bertz CT molecular complexity index is 747. The molecule has 0 aliphatic rings. The van der Waals surface area contributed by atoms with Gasteiger partial charge in [-0.2, -0.15) is 0 Å². The van der Waals surface area contributed by atoms with Crippen LogP contribution in [-0.4, -0.2) is 28.9 Å². The maximum absolute atomic E-state index is 11.5. The average molecular weight is 300 g/mol. The van der Waals surface area contributed by atoms with Crippen molar-refractivity contribution >= 4 is 28.7 Å². The number of carbonyl (C=O) groups is 3. The summed E-state index contributed by atoms with van der Waals surface area (Å²) in [5.74, 6) is -3.85. The molecule has 7 heteroatoms. The van der Waals surface area contributed by atoms with Gasteiger partial charge < -0.3 is 30.1 Å². The molecule has 22 heavy (non-hydrogen) atoms. The predicted molar refractivity (Wildman–Crippen MR) is 73.1 cm³/mol. The van der Waals surface area contributed by atoms with E-state index in [0.29, 0.717) is 17.7 Å². The molecule has 0 bridgehead atoms. The van der Waals surface area contributed by atoms with Crippen LogP contribution in [0.1, 0.15) is 5.56 Å². The number of aliphatic carboxylic acids is 2. The van der Waals surface area contributed by atoms with Gasteiger partial charge >= 0.3 is 0 Å². The number of fused-ring (bicyclic) bond motifs is 1. The Morgan fingerprint density at radius 3 is 2.59 bits per heavy atom. The maximum atomic E-state index is 11.5. The molecule has 2 rings (SSSR count). The summed E-state index contributed by atoms with van der Waals surface area (Å²) in [5.41, 5.74) is 1.55. The highest BCUT2D eigenvalue weighted by molar-refractivity contribution is 5.95. The Balaban J connectivity index is 2.14. The van der Waals surface area contributed by atoms with Crippen molar-refractivity contribution in [2.75, 3.05) is 0 Å². The smallest absolute Gasteiger partial charge is 0.244 e. The summed E-state index contributed by atoms with van der Waals surface area (Å²) in [4.78, 5) is 35.8. The van der Waals surface area contributed by atoms with Crippen molar-refractivity contribution in [3.8, 4) is 0 Å². The molecular weight excluding hydrogens is 288 g/mol. The van der Waals surface area contributed by atoms with Crippen LogP contribution in [0.25, 0.3) is 10.9 Å². The molecule has 0 radical (unpaired) electrons. The number of nitrogens with one attached hydrogen (secondary N) is 2. The SMILES string of the molecule is O=C([O-])/C=C/C(=O)N[C@@H](Cc1c[nH]c2ccccc12)C(=O)[O-]. The van der Waals surface area contributed by atoms with Crippen LogP contribution in [0.5, 0.6) is 0 Å². The molecule has 0 unspecified atom stereocenters. The Morgan fingerprint density at radius 1 is 1.18 bits per heavy atom. The Morgan fingerprint density at radius 2 is 1.91 bits per heavy atom. The lowest BCUT2D eigenvalue weighted by atomic mass is 10.0. The van der Waals surface area contributed by atoms with Crippen LogP contribution >= 0.6 is 0 Å². The summed E-state index contributed by atoms with van der Waals surface area (Å²) in [6, 6.07) is 6.04. The number of aromatic amines is 1. The minimum Gasteiger partial charge on any atom is -0.548 e. The van der Waals surface area contributed by atoms with E-state index in [0.717, 1.165) is 10.9 Å². The second-order valence-electron chi connectivity index (χ2n) is 4.60. The van der Waals surface area contributed by atoms with E-state index in [4.69, 9.17) is 0 Å². The van der Waals surface area contributed by atoms with Crippen molar-refractivity contribution in [2.24, 2.45) is 0 Å². The molecule has 0 fully saturated rings. The molecule has 1 aromatic heterocycles. The molecule has 1 heterocycles. The average Bonchev–Trinajstić information content (AvgIpc) is 2.87. The van der Waals surface area contributed by atoms with Gasteiger partial charge in [-0.1, -0.05) is 18.2 Å². The van der Waals surface area contributed by atoms with Crippen molar-refractivity contribution in [1.82, 2.24) is 10.3 Å². The minimum absolute atomic E-state index is 0.0112. The zero-order valence-electron chi connectivity index (χ0n) is 11.4. The lowest BCUT2D eigenvalue weighted by molar-refractivity contribution is -0.308. The second kappa shape index (κ2) is 6.57. The van der Waals surface area contributed by atoms with Crippen molar-refractivity contribution in [3.63, 3.8) is 0 Å². The molecule has 1 atom stereocenters. The van der Waals surface area contributed by atoms with Gasteiger partial charge in [-0.05, 0) is 17.7 Å². The largest absolute Gasteiger partial charge is 0.548 e. The first-order valence-electron chi connectivity index (χ1n) is 6.43. The number of para-hydroxylation sites is 1. The molecule has 0 spiro atoms. The number of hydrogen-bond donors (Lipinski definition) is 2. The summed E-state index contributed by atoms with van der Waals surface area (Å²) in [7, 11) is 0. The summed E-state index contributed by atoms with van der Waals surface area (Å²) in [6.07, 6.45) is 2.88. The van der Waals surface area contributed by atoms with Gasteiger partial charge in [-0.25, -0.2) is 0 Å². The fourth-order valence-corrected chi connectivity index (χ4v) is 2.08. The molecule has 0 saturated carbocycles.